The van der Waals surface area contributed by atoms with Crippen LogP contribution in [0.5, 0.6) is 17.2 Å². The minimum atomic E-state index is -0.191. The smallest absolute Gasteiger partial charge is 0.314 e. The van der Waals surface area contributed by atoms with Gasteiger partial charge in [-0.1, -0.05) is 42.5 Å². The number of methoxy groups -OCH3 is 1. The Labute approximate surface area is 148 Å². The number of ether oxygens (including phenoxy) is 3. The largest absolute Gasteiger partial charge is 0.493 e. The third-order valence-corrected chi connectivity index (χ3v) is 4.19. The standard InChI is InChI=1S/C21H22O4/c1-23-19-13-12-18(25-21(22)17-10-6-3-7-11-17)14-20(19)24-15-16-8-4-2-5-9-16/h2-6,8-9,12-14,17H,7,10-11,15H2,1H3. The first-order valence-corrected chi connectivity index (χ1v) is 8.47. The second-order valence-corrected chi connectivity index (χ2v) is 5.99. The van der Waals surface area contributed by atoms with Gasteiger partial charge in [-0.15, -0.1) is 0 Å². The van der Waals surface area contributed by atoms with Gasteiger partial charge in [0.15, 0.2) is 11.5 Å². The Kier molecular flexibility index (Phi) is 5.73. The zero-order valence-corrected chi connectivity index (χ0v) is 14.3. The van der Waals surface area contributed by atoms with E-state index in [-0.39, 0.29) is 11.9 Å². The summed E-state index contributed by atoms with van der Waals surface area (Å²) >= 11 is 0. The first-order valence-electron chi connectivity index (χ1n) is 8.47. The van der Waals surface area contributed by atoms with Crippen molar-refractivity contribution in [2.45, 2.75) is 25.9 Å². The molecule has 0 radical (unpaired) electrons. The van der Waals surface area contributed by atoms with Crippen LogP contribution < -0.4 is 14.2 Å². The summed E-state index contributed by atoms with van der Waals surface area (Å²) in [6.07, 6.45) is 6.65. The Hall–Kier alpha value is -2.75. The fraction of sp³-hybridized carbons (Fsp3) is 0.286. The van der Waals surface area contributed by atoms with Gasteiger partial charge in [-0.2, -0.15) is 0 Å². The van der Waals surface area contributed by atoms with E-state index in [1.165, 1.54) is 0 Å². The number of carbonyl (C=O) groups excluding carboxylic acids is 1. The van der Waals surface area contributed by atoms with Crippen LogP contribution in [0.3, 0.4) is 0 Å². The Balaban J connectivity index is 1.68. The van der Waals surface area contributed by atoms with E-state index >= 15 is 0 Å². The highest BCUT2D eigenvalue weighted by atomic mass is 16.5. The lowest BCUT2D eigenvalue weighted by Crippen LogP contribution is -2.21. The van der Waals surface area contributed by atoms with Crippen LogP contribution >= 0.6 is 0 Å². The molecule has 0 N–H and O–H groups in total. The van der Waals surface area contributed by atoms with Crippen LogP contribution in [-0.2, 0) is 11.4 Å². The first-order chi connectivity index (χ1) is 12.3. The molecular formula is C21H22O4. The molecule has 0 aliphatic heterocycles. The van der Waals surface area contributed by atoms with E-state index in [2.05, 4.69) is 6.08 Å². The second kappa shape index (κ2) is 8.38. The van der Waals surface area contributed by atoms with Crippen molar-refractivity contribution in [1.82, 2.24) is 0 Å². The highest BCUT2D eigenvalue weighted by molar-refractivity contribution is 5.75. The van der Waals surface area contributed by atoms with Gasteiger partial charge in [-0.05, 0) is 37.0 Å². The molecule has 0 spiro atoms. The van der Waals surface area contributed by atoms with Crippen LogP contribution in [-0.4, -0.2) is 13.1 Å². The molecule has 0 bridgehead atoms. The second-order valence-electron chi connectivity index (χ2n) is 5.99. The van der Waals surface area contributed by atoms with Crippen molar-refractivity contribution in [3.63, 3.8) is 0 Å². The molecule has 1 atom stereocenters. The predicted molar refractivity (Wildman–Crippen MR) is 95.9 cm³/mol. The molecule has 0 fully saturated rings. The maximum absolute atomic E-state index is 12.3. The van der Waals surface area contributed by atoms with Crippen molar-refractivity contribution in [2.75, 3.05) is 7.11 Å². The van der Waals surface area contributed by atoms with Crippen LogP contribution in [0.1, 0.15) is 24.8 Å². The molecule has 4 nitrogen and oxygen atoms in total. The minimum absolute atomic E-state index is 0.0687. The fourth-order valence-corrected chi connectivity index (χ4v) is 2.78. The Morgan fingerprint density at radius 3 is 2.64 bits per heavy atom. The molecule has 130 valence electrons. The molecular weight excluding hydrogens is 316 g/mol. The number of benzene rings is 2. The number of hydrogen-bond donors (Lipinski definition) is 0. The molecule has 0 saturated heterocycles. The van der Waals surface area contributed by atoms with Crippen molar-refractivity contribution >= 4 is 5.97 Å². The summed E-state index contributed by atoms with van der Waals surface area (Å²) in [5, 5.41) is 0. The Morgan fingerprint density at radius 2 is 1.92 bits per heavy atom. The number of allylic oxidation sites excluding steroid dienone is 2. The van der Waals surface area contributed by atoms with Gasteiger partial charge in [-0.25, -0.2) is 0 Å². The van der Waals surface area contributed by atoms with E-state index < -0.39 is 0 Å². The topological polar surface area (TPSA) is 44.8 Å². The first kappa shape index (κ1) is 17.1. The zero-order valence-electron chi connectivity index (χ0n) is 14.3. The SMILES string of the molecule is COc1ccc(OC(=O)C2CC=CCC2)cc1OCc1ccccc1. The fourth-order valence-electron chi connectivity index (χ4n) is 2.78. The van der Waals surface area contributed by atoms with Crippen molar-refractivity contribution in [1.29, 1.82) is 0 Å². The molecule has 1 aliphatic carbocycles. The summed E-state index contributed by atoms with van der Waals surface area (Å²) in [4.78, 5) is 12.3. The number of rotatable bonds is 6. The normalized spacial score (nSPS) is 16.3. The lowest BCUT2D eigenvalue weighted by molar-refractivity contribution is -0.139. The summed E-state index contributed by atoms with van der Waals surface area (Å²) in [5.41, 5.74) is 1.06. The summed E-state index contributed by atoms with van der Waals surface area (Å²) in [7, 11) is 1.59. The van der Waals surface area contributed by atoms with E-state index in [0.29, 0.717) is 23.9 Å². The molecule has 1 aliphatic rings. The molecule has 25 heavy (non-hydrogen) atoms. The minimum Gasteiger partial charge on any atom is -0.493 e. The lowest BCUT2D eigenvalue weighted by atomic mass is 9.95. The van der Waals surface area contributed by atoms with Gasteiger partial charge >= 0.3 is 5.97 Å². The van der Waals surface area contributed by atoms with E-state index in [4.69, 9.17) is 14.2 Å². The summed E-state index contributed by atoms with van der Waals surface area (Å²) < 4.78 is 16.7. The van der Waals surface area contributed by atoms with Crippen molar-refractivity contribution in [2.24, 2.45) is 5.92 Å². The van der Waals surface area contributed by atoms with E-state index in [9.17, 15) is 4.79 Å². The monoisotopic (exact) mass is 338 g/mol. The van der Waals surface area contributed by atoms with Gasteiger partial charge in [0.2, 0.25) is 0 Å². The molecule has 2 aromatic carbocycles. The maximum Gasteiger partial charge on any atom is 0.314 e. The quantitative estimate of drug-likeness (QED) is 0.441. The average Bonchev–Trinajstić information content (AvgIpc) is 2.68. The van der Waals surface area contributed by atoms with E-state index in [1.807, 2.05) is 36.4 Å². The van der Waals surface area contributed by atoms with Gasteiger partial charge < -0.3 is 14.2 Å². The molecule has 3 rings (SSSR count). The van der Waals surface area contributed by atoms with Crippen LogP contribution in [0.25, 0.3) is 0 Å². The number of hydrogen-bond acceptors (Lipinski definition) is 4. The molecule has 2 aromatic rings. The van der Waals surface area contributed by atoms with Gasteiger partial charge in [0, 0.05) is 6.07 Å². The molecule has 4 heteroatoms. The third-order valence-electron chi connectivity index (χ3n) is 4.19. The summed E-state index contributed by atoms with van der Waals surface area (Å²) in [6.45, 7) is 0.419. The Bertz CT molecular complexity index is 737. The van der Waals surface area contributed by atoms with Gasteiger partial charge in [0.25, 0.3) is 0 Å². The summed E-state index contributed by atoms with van der Waals surface area (Å²) in [6, 6.07) is 15.1. The molecule has 0 heterocycles. The van der Waals surface area contributed by atoms with Crippen molar-refractivity contribution in [3.05, 3.63) is 66.2 Å². The van der Waals surface area contributed by atoms with Crippen LogP contribution in [0, 0.1) is 5.92 Å². The van der Waals surface area contributed by atoms with E-state index in [0.717, 1.165) is 24.8 Å². The lowest BCUT2D eigenvalue weighted by Gasteiger charge is -2.17. The van der Waals surface area contributed by atoms with Gasteiger partial charge in [0.05, 0.1) is 13.0 Å². The predicted octanol–water partition coefficient (Wildman–Crippen LogP) is 4.54. The molecule has 0 saturated carbocycles. The van der Waals surface area contributed by atoms with Crippen molar-refractivity contribution in [3.8, 4) is 17.2 Å². The molecule has 0 aromatic heterocycles. The highest BCUT2D eigenvalue weighted by Crippen LogP contribution is 2.32. The molecule has 1 unspecified atom stereocenters. The van der Waals surface area contributed by atoms with Crippen LogP contribution in [0.4, 0.5) is 0 Å². The number of carbonyl (C=O) groups is 1. The third kappa shape index (κ3) is 4.63. The highest BCUT2D eigenvalue weighted by Gasteiger charge is 2.21. The molecule has 0 amide bonds. The Morgan fingerprint density at radius 1 is 1.08 bits per heavy atom. The summed E-state index contributed by atoms with van der Waals surface area (Å²) in [5.74, 6) is 1.38. The van der Waals surface area contributed by atoms with Crippen LogP contribution in [0.15, 0.2) is 60.7 Å². The zero-order chi connectivity index (χ0) is 17.5. The maximum atomic E-state index is 12.3. The number of esters is 1. The van der Waals surface area contributed by atoms with Crippen LogP contribution in [0.2, 0.25) is 0 Å². The van der Waals surface area contributed by atoms with Crippen molar-refractivity contribution < 1.29 is 19.0 Å². The van der Waals surface area contributed by atoms with E-state index in [1.54, 1.807) is 25.3 Å². The van der Waals surface area contributed by atoms with Gasteiger partial charge in [-0.3, -0.25) is 4.79 Å². The average molecular weight is 338 g/mol. The van der Waals surface area contributed by atoms with Gasteiger partial charge in [0.1, 0.15) is 12.4 Å².